The number of likely N-dealkylation sites (tertiary alicyclic amines) is 1. The van der Waals surface area contributed by atoms with Crippen LogP contribution in [0, 0.1) is 29.6 Å². The third kappa shape index (κ3) is 3.89. The number of hydrogen-bond donors (Lipinski definition) is 2. The van der Waals surface area contributed by atoms with Gasteiger partial charge in [-0.05, 0) is 31.2 Å². The van der Waals surface area contributed by atoms with E-state index in [1.165, 1.54) is 4.90 Å². The Kier molecular flexibility index (Phi) is 6.17. The van der Waals surface area contributed by atoms with Crippen LogP contribution < -0.4 is 0 Å². The molecule has 3 aliphatic rings. The summed E-state index contributed by atoms with van der Waals surface area (Å²) in [5.41, 5.74) is 1.59. The number of rotatable bonds is 5. The second kappa shape index (κ2) is 8.71. The van der Waals surface area contributed by atoms with E-state index in [4.69, 9.17) is 4.84 Å². The Bertz CT molecular complexity index is 855. The normalized spacial score (nSPS) is 35.3. The van der Waals surface area contributed by atoms with Crippen LogP contribution >= 0.6 is 0 Å². The molecule has 2 saturated carbocycles. The molecule has 1 aliphatic heterocycles. The van der Waals surface area contributed by atoms with E-state index in [1.807, 2.05) is 51.1 Å². The molecule has 168 valence electrons. The molecule has 2 N–H and O–H groups in total. The Balaban J connectivity index is 1.62. The highest BCUT2D eigenvalue weighted by molar-refractivity contribution is 6.06. The van der Waals surface area contributed by atoms with E-state index < -0.39 is 30.0 Å². The summed E-state index contributed by atoms with van der Waals surface area (Å²) < 4.78 is 0. The standard InChI is InChI=1S/C24H32N2O5/c1-13(2)12-31-25-18-11-19(27)22(28)20-16(18)9-10-17-21(20)24(30)26(23(17)29)14(3)15-7-5-4-6-8-15/h4-8,13-14,16-17,19-22,27-28H,9-12H2,1-3H3/b25-18+/t14-,16+,17+,19+,20-,21+,22+/m0/s1. The van der Waals surface area contributed by atoms with E-state index in [0.29, 0.717) is 31.1 Å². The van der Waals surface area contributed by atoms with Crippen molar-refractivity contribution in [2.75, 3.05) is 6.61 Å². The van der Waals surface area contributed by atoms with Crippen molar-refractivity contribution in [3.63, 3.8) is 0 Å². The van der Waals surface area contributed by atoms with E-state index in [0.717, 1.165) is 5.56 Å². The second-order valence-corrected chi connectivity index (χ2v) is 9.56. The Morgan fingerprint density at radius 2 is 1.74 bits per heavy atom. The fourth-order valence-corrected chi connectivity index (χ4v) is 5.53. The lowest BCUT2D eigenvalue weighted by molar-refractivity contribution is -0.144. The van der Waals surface area contributed by atoms with Crippen LogP contribution in [0.1, 0.15) is 51.6 Å². The lowest BCUT2D eigenvalue weighted by Gasteiger charge is -2.45. The Hall–Kier alpha value is -2.25. The summed E-state index contributed by atoms with van der Waals surface area (Å²) in [5.74, 6) is -1.92. The maximum atomic E-state index is 13.5. The molecule has 7 atom stereocenters. The van der Waals surface area contributed by atoms with Crippen molar-refractivity contribution >= 4 is 17.5 Å². The van der Waals surface area contributed by atoms with Crippen LogP contribution in [0.5, 0.6) is 0 Å². The van der Waals surface area contributed by atoms with Gasteiger partial charge in [0, 0.05) is 18.3 Å². The van der Waals surface area contributed by atoms with Gasteiger partial charge in [0.25, 0.3) is 0 Å². The molecule has 1 aromatic rings. The minimum Gasteiger partial charge on any atom is -0.396 e. The van der Waals surface area contributed by atoms with Gasteiger partial charge in [-0.25, -0.2) is 0 Å². The molecule has 1 saturated heterocycles. The minimum absolute atomic E-state index is 0.171. The SMILES string of the molecule is CC(C)CO/N=C1\C[C@@H](O)[C@@H](O)[C@@H]2[C@@H]3C(=O)N([C@@H](C)c4ccccc4)C(=O)[C@@H]3CC[C@H]12. The van der Waals surface area contributed by atoms with Crippen molar-refractivity contribution in [3.8, 4) is 0 Å². The average molecular weight is 429 g/mol. The molecule has 31 heavy (non-hydrogen) atoms. The molecule has 2 amide bonds. The quantitative estimate of drug-likeness (QED) is 0.555. The fraction of sp³-hybridized carbons (Fsp3) is 0.625. The van der Waals surface area contributed by atoms with Crippen LogP contribution in [0.15, 0.2) is 35.5 Å². The minimum atomic E-state index is -1.06. The second-order valence-electron chi connectivity index (χ2n) is 9.56. The number of oxime groups is 1. The number of fused-ring (bicyclic) bond motifs is 3. The van der Waals surface area contributed by atoms with Gasteiger partial charge in [-0.15, -0.1) is 0 Å². The van der Waals surface area contributed by atoms with E-state index in [1.54, 1.807) is 0 Å². The van der Waals surface area contributed by atoms with Crippen molar-refractivity contribution in [1.82, 2.24) is 4.90 Å². The molecule has 4 rings (SSSR count). The molecule has 3 fully saturated rings. The van der Waals surface area contributed by atoms with Gasteiger partial charge < -0.3 is 15.1 Å². The lowest BCUT2D eigenvalue weighted by Crippen LogP contribution is -2.54. The van der Waals surface area contributed by atoms with E-state index in [2.05, 4.69) is 5.16 Å². The molecule has 7 nitrogen and oxygen atoms in total. The van der Waals surface area contributed by atoms with Gasteiger partial charge in [-0.1, -0.05) is 49.3 Å². The van der Waals surface area contributed by atoms with Gasteiger partial charge in [0.1, 0.15) is 6.61 Å². The molecular weight excluding hydrogens is 396 g/mol. The summed E-state index contributed by atoms with van der Waals surface area (Å²) in [6.07, 6.45) is -0.646. The number of amides is 2. The maximum Gasteiger partial charge on any atom is 0.234 e. The number of benzene rings is 1. The first-order chi connectivity index (χ1) is 14.8. The molecule has 0 aromatic heterocycles. The molecule has 0 bridgehead atoms. The molecule has 2 aliphatic carbocycles. The fourth-order valence-electron chi connectivity index (χ4n) is 5.53. The van der Waals surface area contributed by atoms with Crippen molar-refractivity contribution in [1.29, 1.82) is 0 Å². The van der Waals surface area contributed by atoms with Gasteiger partial charge in [-0.2, -0.15) is 0 Å². The predicted molar refractivity (Wildman–Crippen MR) is 115 cm³/mol. The Morgan fingerprint density at radius 1 is 1.06 bits per heavy atom. The summed E-state index contributed by atoms with van der Waals surface area (Å²) in [5, 5.41) is 25.7. The van der Waals surface area contributed by atoms with E-state index in [-0.39, 0.29) is 30.2 Å². The van der Waals surface area contributed by atoms with Crippen molar-refractivity contribution in [2.24, 2.45) is 34.7 Å². The number of nitrogens with zero attached hydrogens (tertiary/aromatic N) is 2. The highest BCUT2D eigenvalue weighted by Gasteiger charge is 2.60. The zero-order chi connectivity index (χ0) is 22.3. The van der Waals surface area contributed by atoms with Gasteiger partial charge in [0.05, 0.1) is 35.8 Å². The van der Waals surface area contributed by atoms with Gasteiger partial charge >= 0.3 is 0 Å². The largest absolute Gasteiger partial charge is 0.396 e. The number of aliphatic hydroxyl groups is 2. The number of carbonyl (C=O) groups excluding carboxylic acids is 2. The Labute approximate surface area is 183 Å². The van der Waals surface area contributed by atoms with Crippen LogP contribution in [-0.4, -0.2) is 51.5 Å². The summed E-state index contributed by atoms with van der Waals surface area (Å²) in [4.78, 5) is 33.6. The molecule has 1 aromatic carbocycles. The summed E-state index contributed by atoms with van der Waals surface area (Å²) in [6.45, 7) is 6.38. The van der Waals surface area contributed by atoms with Gasteiger partial charge in [0.15, 0.2) is 0 Å². The first kappa shape index (κ1) is 22.0. The summed E-state index contributed by atoms with van der Waals surface area (Å²) in [7, 11) is 0. The third-order valence-corrected chi connectivity index (χ3v) is 7.07. The van der Waals surface area contributed by atoms with Crippen LogP contribution in [0.25, 0.3) is 0 Å². The molecular formula is C24H32N2O5. The zero-order valence-electron chi connectivity index (χ0n) is 18.3. The molecule has 0 radical (unpaired) electrons. The summed E-state index contributed by atoms with van der Waals surface area (Å²) in [6, 6.07) is 9.12. The van der Waals surface area contributed by atoms with E-state index >= 15 is 0 Å². The predicted octanol–water partition coefficient (Wildman–Crippen LogP) is 2.53. The first-order valence-electron chi connectivity index (χ1n) is 11.3. The van der Waals surface area contributed by atoms with Crippen molar-refractivity contribution < 1.29 is 24.6 Å². The van der Waals surface area contributed by atoms with Crippen LogP contribution in [0.2, 0.25) is 0 Å². The van der Waals surface area contributed by atoms with Crippen LogP contribution in [0.3, 0.4) is 0 Å². The Morgan fingerprint density at radius 3 is 2.42 bits per heavy atom. The molecule has 7 heteroatoms. The monoisotopic (exact) mass is 428 g/mol. The summed E-state index contributed by atoms with van der Waals surface area (Å²) >= 11 is 0. The smallest absolute Gasteiger partial charge is 0.234 e. The van der Waals surface area contributed by atoms with Crippen molar-refractivity contribution in [2.45, 2.75) is 58.3 Å². The van der Waals surface area contributed by atoms with E-state index in [9.17, 15) is 19.8 Å². The average Bonchev–Trinajstić information content (AvgIpc) is 3.01. The maximum absolute atomic E-state index is 13.5. The molecule has 0 unspecified atom stereocenters. The van der Waals surface area contributed by atoms with Crippen molar-refractivity contribution in [3.05, 3.63) is 35.9 Å². The van der Waals surface area contributed by atoms with Crippen LogP contribution in [-0.2, 0) is 14.4 Å². The number of hydrogen-bond acceptors (Lipinski definition) is 6. The van der Waals surface area contributed by atoms with Crippen LogP contribution in [0.4, 0.5) is 0 Å². The number of imide groups is 1. The first-order valence-corrected chi connectivity index (χ1v) is 11.3. The third-order valence-electron chi connectivity index (χ3n) is 7.07. The van der Waals surface area contributed by atoms with Gasteiger partial charge in [0.2, 0.25) is 11.8 Å². The topological polar surface area (TPSA) is 99.4 Å². The highest BCUT2D eigenvalue weighted by atomic mass is 16.6. The molecule has 0 spiro atoms. The van der Waals surface area contributed by atoms with Gasteiger partial charge in [-0.3, -0.25) is 14.5 Å². The zero-order valence-corrected chi connectivity index (χ0v) is 18.3. The number of aliphatic hydroxyl groups excluding tert-OH is 2. The molecule has 1 heterocycles. The number of carbonyl (C=O) groups is 2. The lowest BCUT2D eigenvalue weighted by atomic mass is 9.60. The highest BCUT2D eigenvalue weighted by Crippen LogP contribution is 2.51.